The molecule has 0 saturated carbocycles. The van der Waals surface area contributed by atoms with Crippen molar-refractivity contribution < 1.29 is 9.53 Å². The van der Waals surface area contributed by atoms with Crippen LogP contribution in [0.1, 0.15) is 6.92 Å². The number of benzene rings is 1. The van der Waals surface area contributed by atoms with Gasteiger partial charge in [0.05, 0.1) is 12.4 Å². The van der Waals surface area contributed by atoms with E-state index in [9.17, 15) is 4.79 Å². The molecule has 1 unspecified atom stereocenters. The fraction of sp³-hybridized carbons (Fsp3) is 0.308. The third kappa shape index (κ3) is 3.51. The number of hydrogen-bond acceptors (Lipinski definition) is 5. The van der Waals surface area contributed by atoms with Crippen LogP contribution in [0.15, 0.2) is 35.7 Å². The first kappa shape index (κ1) is 14.4. The summed E-state index contributed by atoms with van der Waals surface area (Å²) in [7, 11) is 3.43. The van der Waals surface area contributed by atoms with Gasteiger partial charge in [0.15, 0.2) is 5.16 Å². The van der Waals surface area contributed by atoms with E-state index in [1.165, 1.54) is 11.8 Å². The van der Waals surface area contributed by atoms with Crippen LogP contribution in [0.4, 0.5) is 5.69 Å². The van der Waals surface area contributed by atoms with Crippen LogP contribution in [0.5, 0.6) is 5.75 Å². The number of ether oxygens (including phenoxy) is 1. The minimum Gasteiger partial charge on any atom is -0.497 e. The Kier molecular flexibility index (Phi) is 4.62. The zero-order valence-corrected chi connectivity index (χ0v) is 12.3. The van der Waals surface area contributed by atoms with Gasteiger partial charge in [-0.05, 0) is 19.1 Å². The fourth-order valence-electron chi connectivity index (χ4n) is 1.54. The lowest BCUT2D eigenvalue weighted by Gasteiger charge is -2.11. The first-order chi connectivity index (χ1) is 9.60. The zero-order valence-electron chi connectivity index (χ0n) is 11.5. The molecular weight excluding hydrogens is 276 g/mol. The molecule has 0 aliphatic heterocycles. The van der Waals surface area contributed by atoms with Gasteiger partial charge in [-0.1, -0.05) is 17.8 Å². The molecule has 1 heterocycles. The lowest BCUT2D eigenvalue weighted by molar-refractivity contribution is -0.115. The second kappa shape index (κ2) is 6.42. The molecule has 7 heteroatoms. The number of aromatic nitrogens is 3. The first-order valence-corrected chi connectivity index (χ1v) is 6.93. The zero-order chi connectivity index (χ0) is 14.5. The highest BCUT2D eigenvalue weighted by Crippen LogP contribution is 2.22. The van der Waals surface area contributed by atoms with Crippen LogP contribution in [-0.2, 0) is 11.8 Å². The number of hydrogen-bond donors (Lipinski definition) is 1. The number of aryl methyl sites for hydroxylation is 1. The van der Waals surface area contributed by atoms with Crippen LogP contribution in [0, 0.1) is 0 Å². The number of thioether (sulfide) groups is 1. The van der Waals surface area contributed by atoms with Crippen molar-refractivity contribution in [2.75, 3.05) is 12.4 Å². The van der Waals surface area contributed by atoms with E-state index in [4.69, 9.17) is 4.74 Å². The second-order valence-corrected chi connectivity index (χ2v) is 5.51. The summed E-state index contributed by atoms with van der Waals surface area (Å²) in [6, 6.07) is 7.25. The number of anilines is 1. The number of rotatable bonds is 5. The van der Waals surface area contributed by atoms with Gasteiger partial charge in [0.1, 0.15) is 12.1 Å². The summed E-state index contributed by atoms with van der Waals surface area (Å²) in [4.78, 5) is 12.1. The molecule has 1 amide bonds. The standard InChI is InChI=1S/C13H16N4O2S/c1-9(20-13-16-14-8-17(13)2)12(18)15-10-5-4-6-11(7-10)19-3/h4-9H,1-3H3,(H,15,18). The van der Waals surface area contributed by atoms with Crippen LogP contribution < -0.4 is 10.1 Å². The van der Waals surface area contributed by atoms with Gasteiger partial charge in [-0.2, -0.15) is 0 Å². The molecule has 1 aromatic carbocycles. The van der Waals surface area contributed by atoms with E-state index >= 15 is 0 Å². The molecule has 0 spiro atoms. The maximum absolute atomic E-state index is 12.1. The Labute approximate surface area is 121 Å². The van der Waals surface area contributed by atoms with Gasteiger partial charge in [-0.25, -0.2) is 0 Å². The number of nitrogens with one attached hydrogen (secondary N) is 1. The van der Waals surface area contributed by atoms with Crippen molar-refractivity contribution in [1.82, 2.24) is 14.8 Å². The van der Waals surface area contributed by atoms with Gasteiger partial charge in [0, 0.05) is 18.8 Å². The van der Waals surface area contributed by atoms with Crippen LogP contribution >= 0.6 is 11.8 Å². The Morgan fingerprint density at radius 1 is 1.50 bits per heavy atom. The van der Waals surface area contributed by atoms with Gasteiger partial charge in [-0.3, -0.25) is 4.79 Å². The molecule has 6 nitrogen and oxygen atoms in total. The van der Waals surface area contributed by atoms with E-state index in [-0.39, 0.29) is 11.2 Å². The minimum absolute atomic E-state index is 0.0914. The third-order valence-corrected chi connectivity index (χ3v) is 3.81. The predicted octanol–water partition coefficient (Wildman–Crippen LogP) is 1.94. The molecule has 1 N–H and O–H groups in total. The molecule has 0 saturated heterocycles. The smallest absolute Gasteiger partial charge is 0.237 e. The molecule has 0 radical (unpaired) electrons. The van der Waals surface area contributed by atoms with E-state index < -0.39 is 0 Å². The summed E-state index contributed by atoms with van der Waals surface area (Å²) in [5, 5.41) is 11.0. The predicted molar refractivity (Wildman–Crippen MR) is 77.9 cm³/mol. The SMILES string of the molecule is COc1cccc(NC(=O)C(C)Sc2nncn2C)c1. The van der Waals surface area contributed by atoms with Crippen molar-refractivity contribution in [3.63, 3.8) is 0 Å². The van der Waals surface area contributed by atoms with E-state index in [1.807, 2.05) is 32.2 Å². The Morgan fingerprint density at radius 3 is 2.95 bits per heavy atom. The average molecular weight is 292 g/mol. The number of carbonyl (C=O) groups is 1. The molecule has 0 fully saturated rings. The van der Waals surface area contributed by atoms with E-state index in [0.29, 0.717) is 16.6 Å². The molecule has 20 heavy (non-hydrogen) atoms. The Hall–Kier alpha value is -2.02. The molecule has 1 aromatic heterocycles. The van der Waals surface area contributed by atoms with E-state index in [1.54, 1.807) is 24.1 Å². The largest absolute Gasteiger partial charge is 0.497 e. The van der Waals surface area contributed by atoms with Crippen molar-refractivity contribution in [3.8, 4) is 5.75 Å². The molecular formula is C13H16N4O2S. The third-order valence-electron chi connectivity index (χ3n) is 2.66. The Bertz CT molecular complexity index is 600. The molecule has 2 rings (SSSR count). The van der Waals surface area contributed by atoms with Crippen LogP contribution in [0.2, 0.25) is 0 Å². The molecule has 1 atom stereocenters. The van der Waals surface area contributed by atoms with Crippen molar-refractivity contribution in [1.29, 1.82) is 0 Å². The Morgan fingerprint density at radius 2 is 2.30 bits per heavy atom. The summed E-state index contributed by atoms with van der Waals surface area (Å²) in [6.07, 6.45) is 1.61. The lowest BCUT2D eigenvalue weighted by Crippen LogP contribution is -2.22. The minimum atomic E-state index is -0.274. The highest BCUT2D eigenvalue weighted by atomic mass is 32.2. The van der Waals surface area contributed by atoms with E-state index in [2.05, 4.69) is 15.5 Å². The fourth-order valence-corrected chi connectivity index (χ4v) is 2.33. The van der Waals surface area contributed by atoms with Crippen molar-refractivity contribution in [3.05, 3.63) is 30.6 Å². The average Bonchev–Trinajstić information content (AvgIpc) is 2.84. The van der Waals surface area contributed by atoms with Crippen molar-refractivity contribution in [2.24, 2.45) is 7.05 Å². The lowest BCUT2D eigenvalue weighted by atomic mass is 10.3. The topological polar surface area (TPSA) is 69.0 Å². The van der Waals surface area contributed by atoms with E-state index in [0.717, 1.165) is 0 Å². The highest BCUT2D eigenvalue weighted by Gasteiger charge is 2.17. The number of carbonyl (C=O) groups excluding carboxylic acids is 1. The second-order valence-electron chi connectivity index (χ2n) is 4.21. The molecule has 0 aliphatic carbocycles. The Balaban J connectivity index is 1.98. The number of nitrogens with zero attached hydrogens (tertiary/aromatic N) is 3. The van der Waals surface area contributed by atoms with Gasteiger partial charge < -0.3 is 14.6 Å². The van der Waals surface area contributed by atoms with Crippen LogP contribution in [0.3, 0.4) is 0 Å². The normalized spacial score (nSPS) is 11.9. The summed E-state index contributed by atoms with van der Waals surface area (Å²) in [6.45, 7) is 1.83. The molecule has 106 valence electrons. The molecule has 2 aromatic rings. The van der Waals surface area contributed by atoms with Crippen molar-refractivity contribution in [2.45, 2.75) is 17.3 Å². The summed E-state index contributed by atoms with van der Waals surface area (Å²) < 4.78 is 6.90. The molecule has 0 aliphatic rings. The monoisotopic (exact) mass is 292 g/mol. The van der Waals surface area contributed by atoms with Gasteiger partial charge in [0.25, 0.3) is 0 Å². The summed E-state index contributed by atoms with van der Waals surface area (Å²) in [5.41, 5.74) is 0.708. The molecule has 0 bridgehead atoms. The van der Waals surface area contributed by atoms with Gasteiger partial charge >= 0.3 is 0 Å². The van der Waals surface area contributed by atoms with Crippen molar-refractivity contribution >= 4 is 23.4 Å². The van der Waals surface area contributed by atoms with Crippen LogP contribution in [0.25, 0.3) is 0 Å². The maximum atomic E-state index is 12.1. The van der Waals surface area contributed by atoms with Gasteiger partial charge in [0.2, 0.25) is 5.91 Å². The summed E-state index contributed by atoms with van der Waals surface area (Å²) >= 11 is 1.36. The number of methoxy groups -OCH3 is 1. The van der Waals surface area contributed by atoms with Gasteiger partial charge in [-0.15, -0.1) is 10.2 Å². The summed E-state index contributed by atoms with van der Waals surface area (Å²) in [5.74, 6) is 0.614. The van der Waals surface area contributed by atoms with Crippen LogP contribution in [-0.4, -0.2) is 33.0 Å². The quantitative estimate of drug-likeness (QED) is 0.853. The number of amides is 1. The first-order valence-electron chi connectivity index (χ1n) is 6.05. The highest BCUT2D eigenvalue weighted by molar-refractivity contribution is 8.00. The maximum Gasteiger partial charge on any atom is 0.237 e.